The number of halogens is 1. The molecule has 1 aromatic carbocycles. The van der Waals surface area contributed by atoms with Crippen LogP contribution in [-0.2, 0) is 4.74 Å². The van der Waals surface area contributed by atoms with Crippen LogP contribution in [0.25, 0.3) is 0 Å². The average Bonchev–Trinajstić information content (AvgIpc) is 2.36. The van der Waals surface area contributed by atoms with Crippen LogP contribution in [0, 0.1) is 6.92 Å². The maximum Gasteiger partial charge on any atom is 0.338 e. The standard InChI is InChI=1S/C14H19BrN2O2/c1-9-12(7-10(15)8-13(9)16)14(18)19-11-3-5-17(2)6-4-11/h7-8,11H,3-6,16H2,1-2H3. The third-order valence-corrected chi connectivity index (χ3v) is 4.03. The van der Waals surface area contributed by atoms with Gasteiger partial charge in [-0.25, -0.2) is 4.79 Å². The molecule has 0 saturated carbocycles. The molecular formula is C14H19BrN2O2. The van der Waals surface area contributed by atoms with Gasteiger partial charge >= 0.3 is 5.97 Å². The molecule has 0 unspecified atom stereocenters. The number of hydrogen-bond acceptors (Lipinski definition) is 4. The van der Waals surface area contributed by atoms with Gasteiger partial charge in [-0.1, -0.05) is 15.9 Å². The van der Waals surface area contributed by atoms with Crippen LogP contribution in [0.1, 0.15) is 28.8 Å². The monoisotopic (exact) mass is 326 g/mol. The molecular weight excluding hydrogens is 308 g/mol. The fourth-order valence-electron chi connectivity index (χ4n) is 2.23. The number of esters is 1. The van der Waals surface area contributed by atoms with E-state index in [1.807, 2.05) is 6.92 Å². The third kappa shape index (κ3) is 3.48. The number of nitrogen functional groups attached to an aromatic ring is 1. The smallest absolute Gasteiger partial charge is 0.338 e. The Balaban J connectivity index is 2.08. The van der Waals surface area contributed by atoms with E-state index in [2.05, 4.69) is 27.9 Å². The first kappa shape index (κ1) is 14.3. The summed E-state index contributed by atoms with van der Waals surface area (Å²) in [5.74, 6) is -0.278. The van der Waals surface area contributed by atoms with Crippen LogP contribution in [0.2, 0.25) is 0 Å². The molecule has 19 heavy (non-hydrogen) atoms. The number of rotatable bonds is 2. The Morgan fingerprint density at radius 1 is 1.42 bits per heavy atom. The number of nitrogens with zero attached hydrogens (tertiary/aromatic N) is 1. The molecule has 2 N–H and O–H groups in total. The molecule has 1 aromatic rings. The molecule has 5 heteroatoms. The molecule has 0 amide bonds. The van der Waals surface area contributed by atoms with Crippen LogP contribution < -0.4 is 5.73 Å². The maximum absolute atomic E-state index is 12.2. The van der Waals surface area contributed by atoms with Gasteiger partial charge in [0.05, 0.1) is 5.56 Å². The summed E-state index contributed by atoms with van der Waals surface area (Å²) in [5.41, 5.74) is 7.79. The van der Waals surface area contributed by atoms with Crippen molar-refractivity contribution >= 4 is 27.6 Å². The molecule has 0 spiro atoms. The number of carbonyl (C=O) groups is 1. The number of benzene rings is 1. The SMILES string of the molecule is Cc1c(N)cc(Br)cc1C(=O)OC1CCN(C)CC1. The Labute approximate surface area is 122 Å². The van der Waals surface area contributed by atoms with Crippen LogP contribution in [0.3, 0.4) is 0 Å². The summed E-state index contributed by atoms with van der Waals surface area (Å²) >= 11 is 3.35. The van der Waals surface area contributed by atoms with Crippen molar-refractivity contribution in [2.45, 2.75) is 25.9 Å². The van der Waals surface area contributed by atoms with Gasteiger partial charge in [-0.05, 0) is 44.5 Å². The van der Waals surface area contributed by atoms with E-state index >= 15 is 0 Å². The topological polar surface area (TPSA) is 55.6 Å². The summed E-state index contributed by atoms with van der Waals surface area (Å²) in [6.07, 6.45) is 1.80. The van der Waals surface area contributed by atoms with Gasteiger partial charge in [0, 0.05) is 23.2 Å². The van der Waals surface area contributed by atoms with Crippen LogP contribution in [0.5, 0.6) is 0 Å². The molecule has 0 radical (unpaired) electrons. The fraction of sp³-hybridized carbons (Fsp3) is 0.500. The highest BCUT2D eigenvalue weighted by Crippen LogP contribution is 2.24. The van der Waals surface area contributed by atoms with Gasteiger partial charge in [0.2, 0.25) is 0 Å². The van der Waals surface area contributed by atoms with E-state index in [-0.39, 0.29) is 12.1 Å². The molecule has 0 bridgehead atoms. The normalized spacial score (nSPS) is 17.4. The molecule has 0 aliphatic carbocycles. The molecule has 1 saturated heterocycles. The predicted molar refractivity (Wildman–Crippen MR) is 79.2 cm³/mol. The van der Waals surface area contributed by atoms with Crippen molar-refractivity contribution in [3.63, 3.8) is 0 Å². The number of anilines is 1. The zero-order chi connectivity index (χ0) is 14.0. The van der Waals surface area contributed by atoms with E-state index in [9.17, 15) is 4.79 Å². The zero-order valence-corrected chi connectivity index (χ0v) is 12.9. The van der Waals surface area contributed by atoms with Gasteiger partial charge < -0.3 is 15.4 Å². The second-order valence-electron chi connectivity index (χ2n) is 5.08. The number of piperidine rings is 1. The van der Waals surface area contributed by atoms with E-state index in [0.717, 1.165) is 36.0 Å². The van der Waals surface area contributed by atoms with Crippen molar-refractivity contribution in [1.82, 2.24) is 4.90 Å². The summed E-state index contributed by atoms with van der Waals surface area (Å²) < 4.78 is 6.37. The Hall–Kier alpha value is -1.07. The average molecular weight is 327 g/mol. The van der Waals surface area contributed by atoms with Gasteiger partial charge in [-0.2, -0.15) is 0 Å². The van der Waals surface area contributed by atoms with Crippen LogP contribution >= 0.6 is 15.9 Å². The first-order chi connectivity index (χ1) is 8.97. The number of ether oxygens (including phenoxy) is 1. The minimum absolute atomic E-state index is 0.0170. The van der Waals surface area contributed by atoms with E-state index in [0.29, 0.717) is 11.3 Å². The first-order valence-electron chi connectivity index (χ1n) is 6.42. The Kier molecular flexibility index (Phi) is 4.47. The largest absolute Gasteiger partial charge is 0.459 e. The minimum Gasteiger partial charge on any atom is -0.459 e. The van der Waals surface area contributed by atoms with Gasteiger partial charge in [0.25, 0.3) is 0 Å². The van der Waals surface area contributed by atoms with Crippen molar-refractivity contribution in [1.29, 1.82) is 0 Å². The van der Waals surface area contributed by atoms with Crippen molar-refractivity contribution < 1.29 is 9.53 Å². The lowest BCUT2D eigenvalue weighted by Crippen LogP contribution is -2.35. The second kappa shape index (κ2) is 5.92. The number of carbonyl (C=O) groups excluding carboxylic acids is 1. The Bertz CT molecular complexity index is 483. The highest BCUT2D eigenvalue weighted by atomic mass is 79.9. The quantitative estimate of drug-likeness (QED) is 0.670. The van der Waals surface area contributed by atoms with Crippen LogP contribution in [0.15, 0.2) is 16.6 Å². The summed E-state index contributed by atoms with van der Waals surface area (Å²) in [6, 6.07) is 3.56. The first-order valence-corrected chi connectivity index (χ1v) is 7.22. The van der Waals surface area contributed by atoms with E-state index in [1.54, 1.807) is 12.1 Å². The minimum atomic E-state index is -0.278. The summed E-state index contributed by atoms with van der Waals surface area (Å²) in [6.45, 7) is 3.78. The summed E-state index contributed by atoms with van der Waals surface area (Å²) in [5, 5.41) is 0. The van der Waals surface area contributed by atoms with Crippen molar-refractivity contribution in [2.75, 3.05) is 25.9 Å². The summed E-state index contributed by atoms with van der Waals surface area (Å²) in [7, 11) is 2.08. The van der Waals surface area contributed by atoms with Gasteiger partial charge in [-0.3, -0.25) is 0 Å². The Morgan fingerprint density at radius 2 is 2.05 bits per heavy atom. The van der Waals surface area contributed by atoms with E-state index in [1.165, 1.54) is 0 Å². The molecule has 0 atom stereocenters. The van der Waals surface area contributed by atoms with Gasteiger partial charge in [0.1, 0.15) is 6.10 Å². The molecule has 4 nitrogen and oxygen atoms in total. The second-order valence-corrected chi connectivity index (χ2v) is 5.99. The summed E-state index contributed by atoms with van der Waals surface area (Å²) in [4.78, 5) is 14.5. The third-order valence-electron chi connectivity index (χ3n) is 3.57. The van der Waals surface area contributed by atoms with Gasteiger partial charge in [0.15, 0.2) is 0 Å². The molecule has 1 aliphatic heterocycles. The van der Waals surface area contributed by atoms with Crippen LogP contribution in [0.4, 0.5) is 5.69 Å². The lowest BCUT2D eigenvalue weighted by atomic mass is 10.1. The molecule has 1 heterocycles. The van der Waals surface area contributed by atoms with E-state index < -0.39 is 0 Å². The zero-order valence-electron chi connectivity index (χ0n) is 11.3. The van der Waals surface area contributed by atoms with Crippen molar-refractivity contribution in [3.8, 4) is 0 Å². The molecule has 1 fully saturated rings. The fourth-order valence-corrected chi connectivity index (χ4v) is 2.71. The van der Waals surface area contributed by atoms with E-state index in [4.69, 9.17) is 10.5 Å². The molecule has 2 rings (SSSR count). The van der Waals surface area contributed by atoms with Crippen LogP contribution in [-0.4, -0.2) is 37.1 Å². The maximum atomic E-state index is 12.2. The lowest BCUT2D eigenvalue weighted by molar-refractivity contribution is 0.0138. The highest BCUT2D eigenvalue weighted by Gasteiger charge is 2.22. The number of nitrogens with two attached hydrogens (primary N) is 1. The van der Waals surface area contributed by atoms with Gasteiger partial charge in [-0.15, -0.1) is 0 Å². The molecule has 104 valence electrons. The molecule has 0 aromatic heterocycles. The number of likely N-dealkylation sites (tertiary alicyclic amines) is 1. The van der Waals surface area contributed by atoms with Crippen molar-refractivity contribution in [2.24, 2.45) is 0 Å². The number of hydrogen-bond donors (Lipinski definition) is 1. The van der Waals surface area contributed by atoms with Crippen molar-refractivity contribution in [3.05, 3.63) is 27.7 Å². The highest BCUT2D eigenvalue weighted by molar-refractivity contribution is 9.10. The Morgan fingerprint density at radius 3 is 2.68 bits per heavy atom. The molecule has 1 aliphatic rings. The lowest BCUT2D eigenvalue weighted by Gasteiger charge is -2.28. The predicted octanol–water partition coefficient (Wildman–Crippen LogP) is 2.59.